The number of nitrogens with zero attached hydrogens (tertiary/aromatic N) is 3. The SMILES string of the molecule is Br.CCC[C@H](NC(=O)[C@H](CCCN=C(N)N[N+](=O)[O-])NC(=O)[C@@H](N)C(c1ccccc1)N(CCCl)CCCl)C(=O)OCC. The summed E-state index contributed by atoms with van der Waals surface area (Å²) >= 11 is 12.1. The van der Waals surface area contributed by atoms with Gasteiger partial charge in [-0.3, -0.25) is 14.5 Å². The molecule has 0 aliphatic carbocycles. The third-order valence-electron chi connectivity index (χ3n) is 6.16. The van der Waals surface area contributed by atoms with Crippen LogP contribution in [0.5, 0.6) is 0 Å². The number of halogens is 3. The first-order valence-electron chi connectivity index (χ1n) is 13.7. The monoisotopic (exact) mass is 712 g/mol. The van der Waals surface area contributed by atoms with Gasteiger partial charge in [0.05, 0.1) is 12.6 Å². The number of hydrazine groups is 1. The van der Waals surface area contributed by atoms with E-state index in [-0.39, 0.29) is 54.7 Å². The van der Waals surface area contributed by atoms with Crippen LogP contribution in [0, 0.1) is 10.1 Å². The minimum atomic E-state index is -1.12. The summed E-state index contributed by atoms with van der Waals surface area (Å²) in [5.41, 5.74) is 14.5. The Hall–Kier alpha value is -2.72. The van der Waals surface area contributed by atoms with E-state index in [1.807, 2.05) is 42.2 Å². The summed E-state index contributed by atoms with van der Waals surface area (Å²) in [7, 11) is 0. The zero-order valence-corrected chi connectivity index (χ0v) is 27.6. The average Bonchev–Trinajstić information content (AvgIpc) is 2.94. The van der Waals surface area contributed by atoms with Crippen molar-refractivity contribution in [1.29, 1.82) is 0 Å². The molecule has 0 bridgehead atoms. The molecule has 0 saturated heterocycles. The van der Waals surface area contributed by atoms with E-state index in [0.29, 0.717) is 25.9 Å². The predicted molar refractivity (Wildman–Crippen MR) is 172 cm³/mol. The summed E-state index contributed by atoms with van der Waals surface area (Å²) < 4.78 is 5.08. The van der Waals surface area contributed by atoms with E-state index < -0.39 is 52.9 Å². The summed E-state index contributed by atoms with van der Waals surface area (Å²) in [5.74, 6) is -1.65. The number of carbonyl (C=O) groups is 3. The van der Waals surface area contributed by atoms with Gasteiger partial charge in [-0.15, -0.1) is 40.2 Å². The molecule has 14 nitrogen and oxygen atoms in total. The molecule has 17 heteroatoms. The molecule has 0 aromatic heterocycles. The molecule has 0 radical (unpaired) electrons. The maximum atomic E-state index is 13.6. The van der Waals surface area contributed by atoms with E-state index in [1.165, 1.54) is 0 Å². The zero-order chi connectivity index (χ0) is 31.5. The predicted octanol–water partition coefficient (Wildman–Crippen LogP) is 1.62. The van der Waals surface area contributed by atoms with Crippen LogP contribution in [0.15, 0.2) is 35.3 Å². The second kappa shape index (κ2) is 22.8. The Kier molecular flexibility index (Phi) is 21.3. The number of alkyl halides is 2. The van der Waals surface area contributed by atoms with Crippen LogP contribution in [0.1, 0.15) is 51.1 Å². The van der Waals surface area contributed by atoms with Gasteiger partial charge in [-0.2, -0.15) is 0 Å². The lowest BCUT2D eigenvalue weighted by atomic mass is 9.96. The van der Waals surface area contributed by atoms with E-state index in [4.69, 9.17) is 39.4 Å². The standard InChI is InChI=1S/C26H42Cl2N8O6.BrH/c1-3-9-20(25(39)42-4-2)33-23(37)19(12-8-15-31-26(30)34-36(40)41)32-24(38)21(29)22(18-10-6-5-7-11-18)35(16-13-27)17-14-28;/h5-7,10-11,19-22H,3-4,8-9,12-17,29H2,1-2H3,(H,32,38)(H,33,37)(H3,30,31,34);1H/t19-,20-,21-,22?;/m0./s1. The second-order valence-electron chi connectivity index (χ2n) is 9.24. The number of nitrogens with one attached hydrogen (secondary N) is 3. The Morgan fingerprint density at radius 3 is 2.19 bits per heavy atom. The van der Waals surface area contributed by atoms with Crippen LogP contribution < -0.4 is 27.5 Å². The van der Waals surface area contributed by atoms with E-state index in [0.717, 1.165) is 5.56 Å². The van der Waals surface area contributed by atoms with Gasteiger partial charge in [0.25, 0.3) is 5.96 Å². The van der Waals surface area contributed by atoms with Crippen molar-refractivity contribution in [2.75, 3.05) is 38.0 Å². The maximum Gasteiger partial charge on any atom is 0.328 e. The third kappa shape index (κ3) is 15.0. The molecule has 7 N–H and O–H groups in total. The van der Waals surface area contributed by atoms with Gasteiger partial charge < -0.3 is 26.8 Å². The van der Waals surface area contributed by atoms with Crippen LogP contribution in [0.2, 0.25) is 0 Å². The maximum absolute atomic E-state index is 13.6. The van der Waals surface area contributed by atoms with Crippen LogP contribution in [-0.2, 0) is 19.1 Å². The van der Waals surface area contributed by atoms with Crippen molar-refractivity contribution in [2.24, 2.45) is 16.5 Å². The summed E-state index contributed by atoms with van der Waals surface area (Å²) in [6, 6.07) is 5.43. The minimum absolute atomic E-state index is 0. The van der Waals surface area contributed by atoms with E-state index >= 15 is 0 Å². The highest BCUT2D eigenvalue weighted by Gasteiger charge is 2.34. The number of amides is 2. The number of nitro groups is 1. The molecule has 1 rings (SSSR count). The molecule has 0 spiro atoms. The lowest BCUT2D eigenvalue weighted by molar-refractivity contribution is -0.525. The van der Waals surface area contributed by atoms with Gasteiger partial charge in [-0.25, -0.2) is 19.9 Å². The number of ether oxygens (including phenoxy) is 1. The first kappa shape index (κ1) is 40.3. The van der Waals surface area contributed by atoms with Crippen molar-refractivity contribution < 1.29 is 24.2 Å². The molecule has 0 heterocycles. The van der Waals surface area contributed by atoms with Crippen molar-refractivity contribution in [3.8, 4) is 0 Å². The lowest BCUT2D eigenvalue weighted by Crippen LogP contribution is -2.57. The van der Waals surface area contributed by atoms with Gasteiger partial charge in [0.15, 0.2) is 5.03 Å². The molecule has 1 aromatic carbocycles. The Morgan fingerprint density at radius 2 is 1.65 bits per heavy atom. The Balaban J connectivity index is 0.0000176. The van der Waals surface area contributed by atoms with Gasteiger partial charge in [-0.05, 0) is 31.7 Å². The number of esters is 1. The number of hydrogen-bond donors (Lipinski definition) is 5. The van der Waals surface area contributed by atoms with E-state index in [1.54, 1.807) is 12.3 Å². The Labute approximate surface area is 272 Å². The van der Waals surface area contributed by atoms with E-state index in [9.17, 15) is 24.5 Å². The summed E-state index contributed by atoms with van der Waals surface area (Å²) in [6.45, 7) is 4.51. The van der Waals surface area contributed by atoms with Gasteiger partial charge in [-0.1, -0.05) is 49.1 Å². The van der Waals surface area contributed by atoms with Gasteiger partial charge in [0.2, 0.25) is 11.8 Å². The normalized spacial score (nSPS) is 14.0. The fourth-order valence-corrected chi connectivity index (χ4v) is 4.69. The highest BCUT2D eigenvalue weighted by atomic mass is 79.9. The number of rotatable bonds is 20. The largest absolute Gasteiger partial charge is 0.464 e. The summed E-state index contributed by atoms with van der Waals surface area (Å²) in [5, 5.41) is 15.1. The van der Waals surface area contributed by atoms with Gasteiger partial charge in [0.1, 0.15) is 18.1 Å². The molecule has 2 amide bonds. The van der Waals surface area contributed by atoms with Crippen LogP contribution in [0.25, 0.3) is 0 Å². The topological polar surface area (TPSA) is 207 Å². The van der Waals surface area contributed by atoms with Crippen LogP contribution in [-0.4, -0.2) is 89.8 Å². The van der Waals surface area contributed by atoms with Crippen LogP contribution in [0.4, 0.5) is 0 Å². The number of carbonyl (C=O) groups excluding carboxylic acids is 3. The molecule has 0 fully saturated rings. The number of nitrogens with two attached hydrogens (primary N) is 2. The molecule has 0 saturated carbocycles. The molecule has 4 atom stereocenters. The molecule has 0 aliphatic heterocycles. The zero-order valence-electron chi connectivity index (χ0n) is 24.4. The quantitative estimate of drug-likeness (QED) is 0.0251. The Bertz CT molecular complexity index is 1020. The highest BCUT2D eigenvalue weighted by Crippen LogP contribution is 2.24. The minimum Gasteiger partial charge on any atom is -0.464 e. The molecule has 1 aromatic rings. The van der Waals surface area contributed by atoms with Crippen molar-refractivity contribution in [3.63, 3.8) is 0 Å². The highest BCUT2D eigenvalue weighted by molar-refractivity contribution is 8.93. The van der Waals surface area contributed by atoms with Crippen LogP contribution in [0.3, 0.4) is 0 Å². The molecule has 244 valence electrons. The fraction of sp³-hybridized carbons (Fsp3) is 0.615. The summed E-state index contributed by atoms with van der Waals surface area (Å²) in [6.07, 6.45) is 1.22. The van der Waals surface area contributed by atoms with E-state index in [2.05, 4.69) is 15.6 Å². The molecule has 1 unspecified atom stereocenters. The average molecular weight is 714 g/mol. The number of benzene rings is 1. The Morgan fingerprint density at radius 1 is 1.05 bits per heavy atom. The molecule has 0 aliphatic rings. The first-order valence-corrected chi connectivity index (χ1v) is 14.8. The van der Waals surface area contributed by atoms with Crippen molar-refractivity contribution in [2.45, 2.75) is 63.7 Å². The third-order valence-corrected chi connectivity index (χ3v) is 6.50. The molecular formula is C26H43BrCl2N8O6. The first-order chi connectivity index (χ1) is 20.1. The van der Waals surface area contributed by atoms with Crippen molar-refractivity contribution >= 4 is 63.9 Å². The molecule has 43 heavy (non-hydrogen) atoms. The smallest absolute Gasteiger partial charge is 0.328 e. The second-order valence-corrected chi connectivity index (χ2v) is 9.99. The van der Waals surface area contributed by atoms with Gasteiger partial charge in [0, 0.05) is 31.4 Å². The number of aliphatic imine (C=N–C) groups is 1. The fourth-order valence-electron chi connectivity index (χ4n) is 4.26. The lowest BCUT2D eigenvalue weighted by Gasteiger charge is -2.35. The number of guanidine groups is 1. The van der Waals surface area contributed by atoms with Crippen molar-refractivity contribution in [3.05, 3.63) is 46.0 Å². The van der Waals surface area contributed by atoms with Crippen molar-refractivity contribution in [1.82, 2.24) is 21.0 Å². The van der Waals surface area contributed by atoms with Gasteiger partial charge >= 0.3 is 5.97 Å². The van der Waals surface area contributed by atoms with Crippen LogP contribution >= 0.6 is 40.2 Å². The molecular weight excluding hydrogens is 671 g/mol. The number of hydrogen-bond acceptors (Lipinski definition) is 9. The summed E-state index contributed by atoms with van der Waals surface area (Å²) in [4.78, 5) is 55.6.